The zero-order valence-electron chi connectivity index (χ0n) is 16.9. The van der Waals surface area contributed by atoms with E-state index in [1.54, 1.807) is 0 Å². The van der Waals surface area contributed by atoms with Gasteiger partial charge in [0.1, 0.15) is 12.4 Å². The van der Waals surface area contributed by atoms with Crippen molar-refractivity contribution in [3.8, 4) is 0 Å². The number of hydrogen-bond donors (Lipinski definition) is 2. The van der Waals surface area contributed by atoms with Crippen LogP contribution in [0.4, 0.5) is 4.39 Å². The van der Waals surface area contributed by atoms with E-state index >= 15 is 0 Å². The van der Waals surface area contributed by atoms with Crippen molar-refractivity contribution in [3.05, 3.63) is 70.5 Å². The van der Waals surface area contributed by atoms with Crippen molar-refractivity contribution in [2.24, 2.45) is 0 Å². The Labute approximate surface area is 174 Å². The molecule has 2 N–H and O–H groups in total. The molecule has 30 heavy (non-hydrogen) atoms. The molecule has 2 aromatic rings. The minimum Gasteiger partial charge on any atom is -0.454 e. The van der Waals surface area contributed by atoms with Crippen LogP contribution in [0.5, 0.6) is 0 Å². The number of aryl methyl sites for hydroxylation is 2. The van der Waals surface area contributed by atoms with Gasteiger partial charge in [0.15, 0.2) is 6.61 Å². The lowest BCUT2D eigenvalue weighted by atomic mass is 9.89. The van der Waals surface area contributed by atoms with Crippen molar-refractivity contribution < 1.29 is 23.5 Å². The molecular formula is C23H25FN2O4. The highest BCUT2D eigenvalue weighted by molar-refractivity contribution is 5.96. The molecule has 158 valence electrons. The van der Waals surface area contributed by atoms with Crippen molar-refractivity contribution in [1.82, 2.24) is 10.6 Å². The van der Waals surface area contributed by atoms with E-state index in [1.807, 2.05) is 13.0 Å². The molecule has 0 spiro atoms. The molecule has 1 aliphatic carbocycles. The number of carbonyl (C=O) groups is 3. The monoisotopic (exact) mass is 412 g/mol. The first-order chi connectivity index (χ1) is 14.4. The molecular weight excluding hydrogens is 387 g/mol. The van der Waals surface area contributed by atoms with Crippen LogP contribution < -0.4 is 10.6 Å². The summed E-state index contributed by atoms with van der Waals surface area (Å²) < 4.78 is 18.4. The number of nitrogens with one attached hydrogen (secondary N) is 2. The molecule has 1 atom stereocenters. The molecule has 0 aromatic heterocycles. The summed E-state index contributed by atoms with van der Waals surface area (Å²) in [5, 5.41) is 5.08. The van der Waals surface area contributed by atoms with E-state index in [2.05, 4.69) is 22.8 Å². The topological polar surface area (TPSA) is 84.5 Å². The predicted octanol–water partition coefficient (Wildman–Crippen LogP) is 2.85. The zero-order chi connectivity index (χ0) is 21.5. The van der Waals surface area contributed by atoms with Crippen LogP contribution in [0, 0.1) is 5.82 Å². The summed E-state index contributed by atoms with van der Waals surface area (Å²) in [6.07, 6.45) is 4.55. The van der Waals surface area contributed by atoms with Crippen LogP contribution in [0.3, 0.4) is 0 Å². The van der Waals surface area contributed by atoms with Gasteiger partial charge in [0, 0.05) is 0 Å². The predicted molar refractivity (Wildman–Crippen MR) is 109 cm³/mol. The van der Waals surface area contributed by atoms with Crippen LogP contribution in [0.2, 0.25) is 0 Å². The van der Waals surface area contributed by atoms with Crippen LogP contribution >= 0.6 is 0 Å². The fourth-order valence-corrected chi connectivity index (χ4v) is 3.48. The van der Waals surface area contributed by atoms with Crippen LogP contribution in [0.1, 0.15) is 52.9 Å². The van der Waals surface area contributed by atoms with Crippen molar-refractivity contribution in [3.63, 3.8) is 0 Å². The van der Waals surface area contributed by atoms with Crippen molar-refractivity contribution in [2.75, 3.05) is 13.2 Å². The van der Waals surface area contributed by atoms with Gasteiger partial charge in [-0.3, -0.25) is 14.4 Å². The number of ether oxygens (including phenoxy) is 1. The molecule has 0 heterocycles. The Morgan fingerprint density at radius 1 is 1.07 bits per heavy atom. The number of amides is 2. The smallest absolute Gasteiger partial charge is 0.325 e. The molecule has 7 heteroatoms. The minimum atomic E-state index is -0.781. The molecule has 3 rings (SSSR count). The Morgan fingerprint density at radius 2 is 1.80 bits per heavy atom. The first-order valence-electron chi connectivity index (χ1n) is 10.0. The Kier molecular flexibility index (Phi) is 7.17. The van der Waals surface area contributed by atoms with Gasteiger partial charge in [-0.2, -0.15) is 0 Å². The Hall–Kier alpha value is -3.22. The highest BCUT2D eigenvalue weighted by atomic mass is 19.1. The van der Waals surface area contributed by atoms with Crippen LogP contribution in [-0.4, -0.2) is 30.9 Å². The van der Waals surface area contributed by atoms with Gasteiger partial charge in [0.05, 0.1) is 11.6 Å². The molecule has 0 bridgehead atoms. The molecule has 1 unspecified atom stereocenters. The fraction of sp³-hybridized carbons (Fsp3) is 0.348. The van der Waals surface area contributed by atoms with Crippen molar-refractivity contribution in [1.29, 1.82) is 0 Å². The number of benzene rings is 2. The SMILES string of the molecule is CC(NC(=O)COC(=O)CNC(=O)c1ccccc1F)c1ccc2c(c1)CCCC2. The van der Waals surface area contributed by atoms with Gasteiger partial charge in [-0.05, 0) is 61.4 Å². The molecule has 6 nitrogen and oxygen atoms in total. The first-order valence-corrected chi connectivity index (χ1v) is 10.0. The number of esters is 1. The van der Waals surface area contributed by atoms with E-state index in [9.17, 15) is 18.8 Å². The summed E-state index contributed by atoms with van der Waals surface area (Å²) in [5.74, 6) is -2.63. The fourth-order valence-electron chi connectivity index (χ4n) is 3.48. The van der Waals surface area contributed by atoms with E-state index in [4.69, 9.17) is 4.74 Å². The molecule has 1 aliphatic rings. The van der Waals surface area contributed by atoms with Crippen molar-refractivity contribution >= 4 is 17.8 Å². The van der Waals surface area contributed by atoms with Crippen LogP contribution in [0.25, 0.3) is 0 Å². The lowest BCUT2D eigenvalue weighted by Gasteiger charge is -2.20. The number of rotatable bonds is 7. The second kappa shape index (κ2) is 10.0. The van der Waals surface area contributed by atoms with Crippen molar-refractivity contribution in [2.45, 2.75) is 38.6 Å². The van der Waals surface area contributed by atoms with Gasteiger partial charge in [-0.15, -0.1) is 0 Å². The summed E-state index contributed by atoms with van der Waals surface area (Å²) in [6.45, 7) is 0.962. The molecule has 2 amide bonds. The van der Waals surface area contributed by atoms with Crippen LogP contribution in [0.15, 0.2) is 42.5 Å². The normalized spacial score (nSPS) is 13.7. The van der Waals surface area contributed by atoms with Gasteiger partial charge in [0.2, 0.25) is 0 Å². The lowest BCUT2D eigenvalue weighted by molar-refractivity contribution is -0.147. The molecule has 0 fully saturated rings. The third-order valence-electron chi connectivity index (χ3n) is 5.13. The number of fused-ring (bicyclic) bond motifs is 1. The van der Waals surface area contributed by atoms with Crippen LogP contribution in [-0.2, 0) is 27.2 Å². The Bertz CT molecular complexity index is 945. The number of halogens is 1. The third kappa shape index (κ3) is 5.65. The molecule has 0 radical (unpaired) electrons. The summed E-state index contributed by atoms with van der Waals surface area (Å²) in [7, 11) is 0. The average Bonchev–Trinajstić information content (AvgIpc) is 2.76. The number of hydrogen-bond acceptors (Lipinski definition) is 4. The summed E-state index contributed by atoms with van der Waals surface area (Å²) in [4.78, 5) is 35.7. The largest absolute Gasteiger partial charge is 0.454 e. The molecule has 2 aromatic carbocycles. The maximum absolute atomic E-state index is 13.5. The molecule has 0 aliphatic heterocycles. The quantitative estimate of drug-likeness (QED) is 0.685. The maximum atomic E-state index is 13.5. The first kappa shape index (κ1) is 21.5. The highest BCUT2D eigenvalue weighted by Crippen LogP contribution is 2.24. The molecule has 0 saturated heterocycles. The van der Waals surface area contributed by atoms with Gasteiger partial charge < -0.3 is 15.4 Å². The Morgan fingerprint density at radius 3 is 2.57 bits per heavy atom. The summed E-state index contributed by atoms with van der Waals surface area (Å²) >= 11 is 0. The van der Waals surface area contributed by atoms with Gasteiger partial charge in [-0.1, -0.05) is 30.3 Å². The summed E-state index contributed by atoms with van der Waals surface area (Å²) in [5.41, 5.74) is 3.54. The standard InChI is InChI=1S/C23H25FN2O4/c1-15(17-11-10-16-6-2-3-7-18(16)12-17)26-21(27)14-30-22(28)13-25-23(29)19-8-4-5-9-20(19)24/h4-5,8-12,15H,2-3,6-7,13-14H2,1H3,(H,25,29)(H,26,27). The maximum Gasteiger partial charge on any atom is 0.325 e. The van der Waals surface area contributed by atoms with Gasteiger partial charge in [0.25, 0.3) is 11.8 Å². The van der Waals surface area contributed by atoms with E-state index < -0.39 is 36.8 Å². The average molecular weight is 412 g/mol. The van der Waals surface area contributed by atoms with E-state index in [-0.39, 0.29) is 11.6 Å². The second-order valence-corrected chi connectivity index (χ2v) is 7.35. The van der Waals surface area contributed by atoms with Gasteiger partial charge in [-0.25, -0.2) is 4.39 Å². The van der Waals surface area contributed by atoms with E-state index in [0.717, 1.165) is 24.5 Å². The lowest BCUT2D eigenvalue weighted by Crippen LogP contribution is -2.35. The van der Waals surface area contributed by atoms with Gasteiger partial charge >= 0.3 is 5.97 Å². The van der Waals surface area contributed by atoms with E-state index in [0.29, 0.717) is 0 Å². The third-order valence-corrected chi connectivity index (χ3v) is 5.13. The Balaban J connectivity index is 1.42. The number of carbonyl (C=O) groups excluding carboxylic acids is 3. The second-order valence-electron chi connectivity index (χ2n) is 7.35. The van der Waals surface area contributed by atoms with E-state index in [1.165, 1.54) is 42.2 Å². The zero-order valence-corrected chi connectivity index (χ0v) is 16.9. The molecule has 0 saturated carbocycles. The minimum absolute atomic E-state index is 0.165. The summed E-state index contributed by atoms with van der Waals surface area (Å²) in [6, 6.07) is 11.5. The highest BCUT2D eigenvalue weighted by Gasteiger charge is 2.16.